The van der Waals surface area contributed by atoms with E-state index < -0.39 is 0 Å². The van der Waals surface area contributed by atoms with E-state index in [4.69, 9.17) is 8.83 Å². The average molecular weight is 668 g/mol. The molecular weight excluding hydrogens is 635 g/mol. The van der Waals surface area contributed by atoms with Gasteiger partial charge < -0.3 is 13.7 Å². The quantitative estimate of drug-likeness (QED) is 0.187. The fourth-order valence-corrected chi connectivity index (χ4v) is 8.79. The summed E-state index contributed by atoms with van der Waals surface area (Å²) in [7, 11) is 0. The van der Waals surface area contributed by atoms with Gasteiger partial charge in [0.15, 0.2) is 0 Å². The molecule has 8 aromatic carbocycles. The van der Waals surface area contributed by atoms with Crippen molar-refractivity contribution in [2.24, 2.45) is 0 Å². The van der Waals surface area contributed by atoms with Gasteiger partial charge in [0.1, 0.15) is 22.3 Å². The molecular formula is C49H33NO2. The van der Waals surface area contributed by atoms with E-state index in [9.17, 15) is 0 Å². The number of hydrogen-bond donors (Lipinski definition) is 0. The molecule has 52 heavy (non-hydrogen) atoms. The number of rotatable bonds is 4. The molecule has 11 rings (SSSR count). The molecule has 2 aromatic heterocycles. The number of anilines is 3. The van der Waals surface area contributed by atoms with Gasteiger partial charge in [0, 0.05) is 38.5 Å². The molecule has 0 atom stereocenters. The Hall–Kier alpha value is -6.58. The molecule has 0 unspecified atom stereocenters. The topological polar surface area (TPSA) is 29.5 Å². The van der Waals surface area contributed by atoms with Crippen LogP contribution in [0.1, 0.15) is 25.0 Å². The van der Waals surface area contributed by atoms with Gasteiger partial charge in [-0.1, -0.05) is 129 Å². The Morgan fingerprint density at radius 2 is 1.17 bits per heavy atom. The third kappa shape index (κ3) is 4.08. The number of benzene rings is 8. The highest BCUT2D eigenvalue weighted by Crippen LogP contribution is 2.52. The molecule has 3 heteroatoms. The van der Waals surface area contributed by atoms with Gasteiger partial charge in [-0.3, -0.25) is 0 Å². The molecule has 0 radical (unpaired) electrons. The van der Waals surface area contributed by atoms with E-state index in [1.807, 2.05) is 12.1 Å². The standard InChI is InChI=1S/C49H33NO2/c1-49(2)39-19-10-8-17-35(39)36-26-25-34(28-40(36)49)50(33-24-23-30-13-6-7-16-32(30)27-33)41-20-12-22-43-46(41)38-29-44-47(37-18-9-11-21-42(37)51-44)45(48(38)52-43)31-14-4-3-5-15-31/h3-29H,1-2H3. The second kappa shape index (κ2) is 10.7. The maximum absolute atomic E-state index is 6.98. The third-order valence-electron chi connectivity index (χ3n) is 11.2. The first-order valence-corrected chi connectivity index (χ1v) is 17.9. The lowest BCUT2D eigenvalue weighted by Gasteiger charge is -2.29. The Morgan fingerprint density at radius 1 is 0.462 bits per heavy atom. The highest BCUT2D eigenvalue weighted by molar-refractivity contribution is 6.25. The number of fused-ring (bicyclic) bond motifs is 10. The zero-order valence-corrected chi connectivity index (χ0v) is 28.9. The molecule has 1 aliphatic carbocycles. The van der Waals surface area contributed by atoms with Gasteiger partial charge in [-0.25, -0.2) is 0 Å². The van der Waals surface area contributed by atoms with E-state index in [1.54, 1.807) is 0 Å². The van der Waals surface area contributed by atoms with Gasteiger partial charge in [-0.05, 0) is 87.1 Å². The second-order valence-corrected chi connectivity index (χ2v) is 14.5. The van der Waals surface area contributed by atoms with Crippen LogP contribution in [0.2, 0.25) is 0 Å². The van der Waals surface area contributed by atoms with Crippen molar-refractivity contribution in [1.82, 2.24) is 0 Å². The number of furan rings is 2. The van der Waals surface area contributed by atoms with Crippen LogP contribution in [-0.2, 0) is 5.41 Å². The summed E-state index contributed by atoms with van der Waals surface area (Å²) in [6.07, 6.45) is 0. The molecule has 10 aromatic rings. The predicted molar refractivity (Wildman–Crippen MR) is 216 cm³/mol. The van der Waals surface area contributed by atoms with E-state index >= 15 is 0 Å². The molecule has 0 aliphatic heterocycles. The fourth-order valence-electron chi connectivity index (χ4n) is 8.79. The summed E-state index contributed by atoms with van der Waals surface area (Å²) in [6, 6.07) is 58.6. The lowest BCUT2D eigenvalue weighted by Crippen LogP contribution is -2.16. The van der Waals surface area contributed by atoms with Crippen molar-refractivity contribution in [3.05, 3.63) is 175 Å². The Kier molecular flexibility index (Phi) is 6.01. The summed E-state index contributed by atoms with van der Waals surface area (Å²) in [5.74, 6) is 0. The molecule has 1 aliphatic rings. The Bertz CT molecular complexity index is 3050. The van der Waals surface area contributed by atoms with Crippen molar-refractivity contribution in [1.29, 1.82) is 0 Å². The van der Waals surface area contributed by atoms with Crippen molar-refractivity contribution in [2.45, 2.75) is 19.3 Å². The number of hydrogen-bond acceptors (Lipinski definition) is 3. The summed E-state index contributed by atoms with van der Waals surface area (Å²) in [6.45, 7) is 4.69. The highest BCUT2D eigenvalue weighted by atomic mass is 16.3. The maximum Gasteiger partial charge on any atom is 0.144 e. The summed E-state index contributed by atoms with van der Waals surface area (Å²) in [5.41, 5.74) is 14.0. The minimum atomic E-state index is -0.136. The van der Waals surface area contributed by atoms with Gasteiger partial charge >= 0.3 is 0 Å². The van der Waals surface area contributed by atoms with Gasteiger partial charge in [0.05, 0.1) is 11.1 Å². The fraction of sp³-hybridized carbons (Fsp3) is 0.0612. The van der Waals surface area contributed by atoms with Crippen LogP contribution >= 0.6 is 0 Å². The van der Waals surface area contributed by atoms with Gasteiger partial charge in [0.2, 0.25) is 0 Å². The molecule has 246 valence electrons. The summed E-state index contributed by atoms with van der Waals surface area (Å²) < 4.78 is 13.6. The highest BCUT2D eigenvalue weighted by Gasteiger charge is 2.36. The van der Waals surface area contributed by atoms with E-state index in [-0.39, 0.29) is 5.41 Å². The summed E-state index contributed by atoms with van der Waals surface area (Å²) in [5, 5.41) is 6.63. The summed E-state index contributed by atoms with van der Waals surface area (Å²) >= 11 is 0. The number of para-hydroxylation sites is 1. The van der Waals surface area contributed by atoms with Crippen molar-refractivity contribution >= 4 is 71.7 Å². The average Bonchev–Trinajstić information content (AvgIpc) is 3.82. The van der Waals surface area contributed by atoms with Gasteiger partial charge in [-0.2, -0.15) is 0 Å². The van der Waals surface area contributed by atoms with E-state index in [0.717, 1.165) is 72.1 Å². The first-order chi connectivity index (χ1) is 25.5. The van der Waals surface area contributed by atoms with Crippen LogP contribution in [0.3, 0.4) is 0 Å². The van der Waals surface area contributed by atoms with Crippen LogP contribution in [0.5, 0.6) is 0 Å². The van der Waals surface area contributed by atoms with Crippen LogP contribution in [-0.4, -0.2) is 0 Å². The van der Waals surface area contributed by atoms with Gasteiger partial charge in [-0.15, -0.1) is 0 Å². The van der Waals surface area contributed by atoms with Crippen molar-refractivity contribution < 1.29 is 8.83 Å². The molecule has 0 fully saturated rings. The molecule has 0 spiro atoms. The molecule has 0 amide bonds. The Balaban J connectivity index is 1.23. The molecule has 0 saturated heterocycles. The predicted octanol–water partition coefficient (Wildman–Crippen LogP) is 14.1. The zero-order valence-electron chi connectivity index (χ0n) is 28.9. The molecule has 0 bridgehead atoms. The van der Waals surface area contributed by atoms with E-state index in [1.165, 1.54) is 33.0 Å². The van der Waals surface area contributed by atoms with Crippen molar-refractivity contribution in [2.75, 3.05) is 4.90 Å². The zero-order chi connectivity index (χ0) is 34.6. The smallest absolute Gasteiger partial charge is 0.144 e. The first kappa shape index (κ1) is 29.2. The molecule has 2 heterocycles. The van der Waals surface area contributed by atoms with Crippen molar-refractivity contribution in [3.63, 3.8) is 0 Å². The number of nitrogens with zero attached hydrogens (tertiary/aromatic N) is 1. The lowest BCUT2D eigenvalue weighted by molar-refractivity contribution is 0.660. The van der Waals surface area contributed by atoms with Gasteiger partial charge in [0.25, 0.3) is 0 Å². The van der Waals surface area contributed by atoms with E-state index in [2.05, 4.69) is 170 Å². The SMILES string of the molecule is CC1(C)c2ccccc2-c2ccc(N(c3ccc4ccccc4c3)c3cccc4oc5c(-c6ccccc6)c6c(cc5c34)oc3ccccc36)cc21. The molecule has 3 nitrogen and oxygen atoms in total. The van der Waals surface area contributed by atoms with Crippen LogP contribution in [0, 0.1) is 0 Å². The normalized spacial score (nSPS) is 13.3. The van der Waals surface area contributed by atoms with E-state index in [0.29, 0.717) is 0 Å². The largest absolute Gasteiger partial charge is 0.456 e. The van der Waals surface area contributed by atoms with Crippen LogP contribution in [0.4, 0.5) is 17.1 Å². The Labute approximate surface area is 301 Å². The molecule has 0 N–H and O–H groups in total. The van der Waals surface area contributed by atoms with Crippen molar-refractivity contribution in [3.8, 4) is 22.3 Å². The lowest BCUT2D eigenvalue weighted by atomic mass is 9.82. The van der Waals surface area contributed by atoms with Crippen LogP contribution < -0.4 is 4.90 Å². The molecule has 0 saturated carbocycles. The Morgan fingerprint density at radius 3 is 2.08 bits per heavy atom. The first-order valence-electron chi connectivity index (χ1n) is 17.9. The minimum Gasteiger partial charge on any atom is -0.456 e. The van der Waals surface area contributed by atoms with Crippen LogP contribution in [0.25, 0.3) is 76.9 Å². The van der Waals surface area contributed by atoms with Crippen LogP contribution in [0.15, 0.2) is 173 Å². The maximum atomic E-state index is 6.98. The summed E-state index contributed by atoms with van der Waals surface area (Å²) in [4.78, 5) is 2.41. The monoisotopic (exact) mass is 667 g/mol. The minimum absolute atomic E-state index is 0.136. The third-order valence-corrected chi connectivity index (χ3v) is 11.2. The second-order valence-electron chi connectivity index (χ2n) is 14.5.